The molecular formula is C19H19N7O2S. The first kappa shape index (κ1) is 18.8. The zero-order valence-electron chi connectivity index (χ0n) is 15.9. The number of aromatic amines is 1. The Kier molecular flexibility index (Phi) is 5.09. The van der Waals surface area contributed by atoms with Crippen LogP contribution in [0.2, 0.25) is 0 Å². The SMILES string of the molecule is CCC(=O)Cn1ccc(Nc2ncc(C(=O)Nc3c(C)ccc4[nH]ncc34)s2)n1. The van der Waals surface area contributed by atoms with Crippen LogP contribution in [-0.2, 0) is 11.3 Å². The molecule has 1 aromatic carbocycles. The number of hydrogen-bond acceptors (Lipinski definition) is 7. The predicted octanol–water partition coefficient (Wildman–Crippen LogP) is 3.50. The highest BCUT2D eigenvalue weighted by atomic mass is 32.1. The number of aryl methyl sites for hydroxylation is 1. The van der Waals surface area contributed by atoms with Gasteiger partial charge in [0.05, 0.1) is 30.1 Å². The summed E-state index contributed by atoms with van der Waals surface area (Å²) >= 11 is 1.22. The number of rotatable bonds is 7. The highest BCUT2D eigenvalue weighted by Gasteiger charge is 2.15. The first-order chi connectivity index (χ1) is 14.0. The zero-order valence-corrected chi connectivity index (χ0v) is 16.7. The molecule has 0 aliphatic carbocycles. The average molecular weight is 409 g/mol. The molecule has 0 bridgehead atoms. The lowest BCUT2D eigenvalue weighted by atomic mass is 10.1. The molecule has 0 saturated heterocycles. The minimum absolute atomic E-state index is 0.107. The number of anilines is 3. The number of Topliss-reactive ketones (excluding diaryl/α,β-unsaturated/α-hetero) is 1. The van der Waals surface area contributed by atoms with Gasteiger partial charge in [0.15, 0.2) is 16.7 Å². The number of nitrogens with one attached hydrogen (secondary N) is 3. The van der Waals surface area contributed by atoms with E-state index in [9.17, 15) is 9.59 Å². The summed E-state index contributed by atoms with van der Waals surface area (Å²) in [6.45, 7) is 3.99. The monoisotopic (exact) mass is 409 g/mol. The molecule has 4 aromatic rings. The number of H-pyrrole nitrogens is 1. The first-order valence-corrected chi connectivity index (χ1v) is 9.87. The molecule has 0 saturated carbocycles. The Labute approximate surface area is 170 Å². The summed E-state index contributed by atoms with van der Waals surface area (Å²) in [7, 11) is 0. The average Bonchev–Trinajstić information content (AvgIpc) is 3.45. The van der Waals surface area contributed by atoms with Crippen LogP contribution < -0.4 is 10.6 Å². The maximum atomic E-state index is 12.7. The van der Waals surface area contributed by atoms with Crippen molar-refractivity contribution in [2.24, 2.45) is 0 Å². The van der Waals surface area contributed by atoms with E-state index in [1.165, 1.54) is 17.5 Å². The van der Waals surface area contributed by atoms with E-state index in [1.807, 2.05) is 26.0 Å². The molecule has 0 spiro atoms. The molecule has 0 radical (unpaired) electrons. The van der Waals surface area contributed by atoms with E-state index in [0.29, 0.717) is 22.2 Å². The highest BCUT2D eigenvalue weighted by Crippen LogP contribution is 2.28. The molecule has 0 aliphatic heterocycles. The number of ketones is 1. The summed E-state index contributed by atoms with van der Waals surface area (Å²) in [6.07, 6.45) is 5.41. The van der Waals surface area contributed by atoms with Gasteiger partial charge in [0, 0.05) is 24.1 Å². The molecule has 10 heteroatoms. The van der Waals surface area contributed by atoms with Gasteiger partial charge in [-0.1, -0.05) is 24.3 Å². The molecule has 3 aromatic heterocycles. The molecule has 3 heterocycles. The molecule has 0 aliphatic rings. The minimum atomic E-state index is -0.244. The van der Waals surface area contributed by atoms with Gasteiger partial charge in [-0.05, 0) is 18.6 Å². The van der Waals surface area contributed by atoms with Crippen LogP contribution in [0.25, 0.3) is 10.9 Å². The molecule has 0 fully saturated rings. The van der Waals surface area contributed by atoms with Gasteiger partial charge < -0.3 is 10.6 Å². The third kappa shape index (κ3) is 4.02. The Morgan fingerprint density at radius 1 is 1.24 bits per heavy atom. The van der Waals surface area contributed by atoms with Crippen LogP contribution in [0.4, 0.5) is 16.6 Å². The van der Waals surface area contributed by atoms with Crippen molar-refractivity contribution in [3.63, 3.8) is 0 Å². The van der Waals surface area contributed by atoms with E-state index in [2.05, 4.69) is 30.9 Å². The molecule has 0 atom stereocenters. The number of carbonyl (C=O) groups excluding carboxylic acids is 2. The molecule has 29 heavy (non-hydrogen) atoms. The van der Waals surface area contributed by atoms with Gasteiger partial charge in [-0.3, -0.25) is 19.4 Å². The fourth-order valence-electron chi connectivity index (χ4n) is 2.82. The molecule has 1 amide bonds. The summed E-state index contributed by atoms with van der Waals surface area (Å²) < 4.78 is 1.57. The van der Waals surface area contributed by atoms with Crippen molar-refractivity contribution in [1.29, 1.82) is 0 Å². The van der Waals surface area contributed by atoms with Gasteiger partial charge in [-0.25, -0.2) is 4.98 Å². The summed E-state index contributed by atoms with van der Waals surface area (Å²) in [5.41, 5.74) is 2.53. The number of aromatic nitrogens is 5. The molecule has 9 nitrogen and oxygen atoms in total. The fourth-order valence-corrected chi connectivity index (χ4v) is 3.54. The maximum absolute atomic E-state index is 12.7. The highest BCUT2D eigenvalue weighted by molar-refractivity contribution is 7.17. The lowest BCUT2D eigenvalue weighted by Crippen LogP contribution is -2.11. The van der Waals surface area contributed by atoms with Gasteiger partial charge in [0.25, 0.3) is 5.91 Å². The lowest BCUT2D eigenvalue weighted by molar-refractivity contribution is -0.119. The lowest BCUT2D eigenvalue weighted by Gasteiger charge is -2.08. The van der Waals surface area contributed by atoms with Gasteiger partial charge in [0.2, 0.25) is 0 Å². The van der Waals surface area contributed by atoms with E-state index >= 15 is 0 Å². The largest absolute Gasteiger partial charge is 0.320 e. The van der Waals surface area contributed by atoms with Gasteiger partial charge in [0.1, 0.15) is 4.88 Å². The Bertz CT molecular complexity index is 1190. The molecule has 4 rings (SSSR count). The third-order valence-electron chi connectivity index (χ3n) is 4.41. The number of amides is 1. The molecular weight excluding hydrogens is 390 g/mol. The second kappa shape index (κ2) is 7.84. The van der Waals surface area contributed by atoms with E-state index in [4.69, 9.17) is 0 Å². The topological polar surface area (TPSA) is 118 Å². The second-order valence-electron chi connectivity index (χ2n) is 6.49. The second-order valence-corrected chi connectivity index (χ2v) is 7.52. The van der Waals surface area contributed by atoms with Crippen LogP contribution in [0.1, 0.15) is 28.6 Å². The van der Waals surface area contributed by atoms with Gasteiger partial charge in [-0.2, -0.15) is 10.2 Å². The summed E-state index contributed by atoms with van der Waals surface area (Å²) in [5, 5.41) is 18.6. The first-order valence-electron chi connectivity index (χ1n) is 9.05. The van der Waals surface area contributed by atoms with Gasteiger partial charge in [-0.15, -0.1) is 0 Å². The van der Waals surface area contributed by atoms with Crippen molar-refractivity contribution in [1.82, 2.24) is 25.0 Å². The van der Waals surface area contributed by atoms with Crippen LogP contribution >= 0.6 is 11.3 Å². The van der Waals surface area contributed by atoms with Crippen molar-refractivity contribution in [3.8, 4) is 0 Å². The number of benzene rings is 1. The molecule has 0 unspecified atom stereocenters. The maximum Gasteiger partial charge on any atom is 0.267 e. The summed E-state index contributed by atoms with van der Waals surface area (Å²) in [4.78, 5) is 28.9. The number of fused-ring (bicyclic) bond motifs is 1. The van der Waals surface area contributed by atoms with E-state index in [0.717, 1.165) is 22.2 Å². The van der Waals surface area contributed by atoms with Crippen molar-refractivity contribution in [3.05, 3.63) is 47.2 Å². The Hall–Kier alpha value is -3.53. The summed E-state index contributed by atoms with van der Waals surface area (Å²) in [6, 6.07) is 5.61. The fraction of sp³-hybridized carbons (Fsp3) is 0.211. The zero-order chi connectivity index (χ0) is 20.4. The third-order valence-corrected chi connectivity index (χ3v) is 5.32. The summed E-state index contributed by atoms with van der Waals surface area (Å²) in [5.74, 6) is 0.427. The van der Waals surface area contributed by atoms with E-state index in [-0.39, 0.29) is 18.2 Å². The van der Waals surface area contributed by atoms with Crippen LogP contribution in [0.5, 0.6) is 0 Å². The molecule has 3 N–H and O–H groups in total. The Morgan fingerprint density at radius 3 is 2.93 bits per heavy atom. The quantitative estimate of drug-likeness (QED) is 0.430. The smallest absolute Gasteiger partial charge is 0.267 e. The van der Waals surface area contributed by atoms with Crippen LogP contribution in [0, 0.1) is 6.92 Å². The Balaban J connectivity index is 1.46. The van der Waals surface area contributed by atoms with Crippen molar-refractivity contribution in [2.45, 2.75) is 26.8 Å². The minimum Gasteiger partial charge on any atom is -0.320 e. The Morgan fingerprint density at radius 2 is 2.10 bits per heavy atom. The standard InChI is InChI=1S/C19H19N7O2S/c1-3-12(27)10-26-7-6-16(25-26)22-19-20-9-15(29-19)18(28)23-17-11(2)4-5-14-13(17)8-21-24-14/h4-9H,3,10H2,1-2H3,(H,21,24)(H,23,28)(H,20,22,25). The number of carbonyl (C=O) groups is 2. The van der Waals surface area contributed by atoms with E-state index in [1.54, 1.807) is 23.1 Å². The van der Waals surface area contributed by atoms with Crippen LogP contribution in [0.3, 0.4) is 0 Å². The van der Waals surface area contributed by atoms with Crippen molar-refractivity contribution < 1.29 is 9.59 Å². The van der Waals surface area contributed by atoms with Crippen LogP contribution in [-0.4, -0.2) is 36.7 Å². The number of thiazole rings is 1. The predicted molar refractivity (Wildman–Crippen MR) is 112 cm³/mol. The van der Waals surface area contributed by atoms with E-state index < -0.39 is 0 Å². The number of nitrogens with zero attached hydrogens (tertiary/aromatic N) is 4. The normalized spacial score (nSPS) is 11.0. The van der Waals surface area contributed by atoms with Crippen LogP contribution in [0.15, 0.2) is 36.8 Å². The molecule has 148 valence electrons. The number of hydrogen-bond donors (Lipinski definition) is 3. The van der Waals surface area contributed by atoms with Crippen molar-refractivity contribution >= 4 is 50.6 Å². The van der Waals surface area contributed by atoms with Gasteiger partial charge >= 0.3 is 0 Å². The van der Waals surface area contributed by atoms with Crippen molar-refractivity contribution in [2.75, 3.05) is 10.6 Å².